The van der Waals surface area contributed by atoms with Gasteiger partial charge < -0.3 is 10.1 Å². The number of nitrogens with one attached hydrogen (secondary N) is 1. The van der Waals surface area contributed by atoms with Crippen LogP contribution in [0.4, 0.5) is 5.69 Å². The number of hydrogen-bond acceptors (Lipinski definition) is 3. The van der Waals surface area contributed by atoms with Crippen molar-refractivity contribution in [1.29, 1.82) is 5.26 Å². The van der Waals surface area contributed by atoms with Crippen molar-refractivity contribution in [3.05, 3.63) is 77.3 Å². The summed E-state index contributed by atoms with van der Waals surface area (Å²) in [7, 11) is 0. The molecule has 0 spiro atoms. The second-order valence-electron chi connectivity index (χ2n) is 4.78. The van der Waals surface area contributed by atoms with Crippen LogP contribution in [0.3, 0.4) is 0 Å². The number of nitriles is 1. The Morgan fingerprint density at radius 3 is 2.67 bits per heavy atom. The van der Waals surface area contributed by atoms with Gasteiger partial charge in [0.15, 0.2) is 0 Å². The number of hydrogen-bond donors (Lipinski definition) is 1. The van der Waals surface area contributed by atoms with Crippen molar-refractivity contribution in [1.82, 2.24) is 0 Å². The SMILES string of the molecule is C=CCOc1ccc(/C=C(\C#N)C(=O)Nc2ccccc2)cc1Cl. The minimum absolute atomic E-state index is 0.0188. The molecular weight excluding hydrogens is 324 g/mol. The van der Waals surface area contributed by atoms with Gasteiger partial charge in [0, 0.05) is 5.69 Å². The van der Waals surface area contributed by atoms with E-state index < -0.39 is 5.91 Å². The zero-order valence-electron chi connectivity index (χ0n) is 12.8. The van der Waals surface area contributed by atoms with Gasteiger partial charge in [0.1, 0.15) is 24.0 Å². The third-order valence-corrected chi connectivity index (χ3v) is 3.32. The van der Waals surface area contributed by atoms with Crippen LogP contribution in [0.2, 0.25) is 5.02 Å². The van der Waals surface area contributed by atoms with Crippen LogP contribution in [0.25, 0.3) is 6.08 Å². The molecule has 2 rings (SSSR count). The van der Waals surface area contributed by atoms with Gasteiger partial charge in [-0.2, -0.15) is 5.26 Å². The summed E-state index contributed by atoms with van der Waals surface area (Å²) >= 11 is 6.13. The maximum absolute atomic E-state index is 12.2. The summed E-state index contributed by atoms with van der Waals surface area (Å²) in [6.45, 7) is 3.91. The van der Waals surface area contributed by atoms with Gasteiger partial charge in [-0.05, 0) is 35.9 Å². The smallest absolute Gasteiger partial charge is 0.266 e. The van der Waals surface area contributed by atoms with E-state index in [1.165, 1.54) is 6.08 Å². The molecule has 24 heavy (non-hydrogen) atoms. The number of benzene rings is 2. The van der Waals surface area contributed by atoms with E-state index in [0.29, 0.717) is 28.6 Å². The Labute approximate surface area is 145 Å². The molecular formula is C19H15ClN2O2. The summed E-state index contributed by atoms with van der Waals surface area (Å²) < 4.78 is 5.38. The van der Waals surface area contributed by atoms with Crippen LogP contribution >= 0.6 is 11.6 Å². The van der Waals surface area contributed by atoms with Crippen LogP contribution in [-0.2, 0) is 4.79 Å². The quantitative estimate of drug-likeness (QED) is 0.481. The molecule has 2 aromatic rings. The zero-order valence-corrected chi connectivity index (χ0v) is 13.6. The molecule has 0 saturated carbocycles. The molecule has 2 aromatic carbocycles. The Hall–Kier alpha value is -3.03. The van der Waals surface area contributed by atoms with Crippen molar-refractivity contribution < 1.29 is 9.53 Å². The fourth-order valence-corrected chi connectivity index (χ4v) is 2.15. The zero-order chi connectivity index (χ0) is 17.4. The van der Waals surface area contributed by atoms with E-state index in [1.807, 2.05) is 12.1 Å². The maximum Gasteiger partial charge on any atom is 0.266 e. The molecule has 0 aliphatic carbocycles. The Balaban J connectivity index is 2.18. The van der Waals surface area contributed by atoms with Gasteiger partial charge in [0.2, 0.25) is 0 Å². The number of para-hydroxylation sites is 1. The van der Waals surface area contributed by atoms with Crippen LogP contribution in [0.1, 0.15) is 5.56 Å². The molecule has 5 heteroatoms. The first-order chi connectivity index (χ1) is 11.6. The van der Waals surface area contributed by atoms with E-state index >= 15 is 0 Å². The highest BCUT2D eigenvalue weighted by Crippen LogP contribution is 2.26. The van der Waals surface area contributed by atoms with E-state index in [0.717, 1.165) is 0 Å². The topological polar surface area (TPSA) is 62.1 Å². The Morgan fingerprint density at radius 2 is 2.04 bits per heavy atom. The van der Waals surface area contributed by atoms with E-state index in [4.69, 9.17) is 16.3 Å². The number of ether oxygens (including phenoxy) is 1. The van der Waals surface area contributed by atoms with Gasteiger partial charge in [-0.3, -0.25) is 4.79 Å². The first kappa shape index (κ1) is 17.3. The number of halogens is 1. The normalized spacial score (nSPS) is 10.6. The third kappa shape index (κ3) is 4.73. The number of anilines is 1. The molecule has 0 radical (unpaired) electrons. The van der Waals surface area contributed by atoms with Gasteiger partial charge in [-0.15, -0.1) is 0 Å². The van der Waals surface area contributed by atoms with Gasteiger partial charge in [0.05, 0.1) is 5.02 Å². The highest BCUT2D eigenvalue weighted by Gasteiger charge is 2.10. The van der Waals surface area contributed by atoms with Crippen LogP contribution in [-0.4, -0.2) is 12.5 Å². The fourth-order valence-electron chi connectivity index (χ4n) is 1.91. The van der Waals surface area contributed by atoms with E-state index in [2.05, 4.69) is 11.9 Å². The van der Waals surface area contributed by atoms with Gasteiger partial charge >= 0.3 is 0 Å². The highest BCUT2D eigenvalue weighted by atomic mass is 35.5. The minimum atomic E-state index is -0.480. The molecule has 1 amide bonds. The van der Waals surface area contributed by atoms with Crippen molar-refractivity contribution in [2.75, 3.05) is 11.9 Å². The third-order valence-electron chi connectivity index (χ3n) is 3.02. The number of carbonyl (C=O) groups is 1. The highest BCUT2D eigenvalue weighted by molar-refractivity contribution is 6.32. The summed E-state index contributed by atoms with van der Waals surface area (Å²) in [6, 6.07) is 15.9. The second kappa shape index (κ2) is 8.56. The first-order valence-corrected chi connectivity index (χ1v) is 7.53. The van der Waals surface area contributed by atoms with Crippen LogP contribution in [0.5, 0.6) is 5.75 Å². The number of nitrogens with zero attached hydrogens (tertiary/aromatic N) is 1. The fraction of sp³-hybridized carbons (Fsp3) is 0.0526. The van der Waals surface area contributed by atoms with Crippen molar-refractivity contribution in [2.24, 2.45) is 0 Å². The first-order valence-electron chi connectivity index (χ1n) is 7.15. The number of rotatable bonds is 6. The predicted octanol–water partition coefficient (Wildman–Crippen LogP) is 4.45. The number of carbonyl (C=O) groups excluding carboxylic acids is 1. The molecule has 1 N–H and O–H groups in total. The second-order valence-corrected chi connectivity index (χ2v) is 5.19. The molecule has 120 valence electrons. The average Bonchev–Trinajstić information content (AvgIpc) is 2.59. The maximum atomic E-state index is 12.2. The Morgan fingerprint density at radius 1 is 1.29 bits per heavy atom. The lowest BCUT2D eigenvalue weighted by atomic mass is 10.1. The lowest BCUT2D eigenvalue weighted by molar-refractivity contribution is -0.112. The molecule has 0 aliphatic heterocycles. The molecule has 0 unspecified atom stereocenters. The Bertz CT molecular complexity index is 808. The average molecular weight is 339 g/mol. The summed E-state index contributed by atoms with van der Waals surface area (Å²) in [5.74, 6) is 0.0350. The summed E-state index contributed by atoms with van der Waals surface area (Å²) in [5.41, 5.74) is 1.23. The summed E-state index contributed by atoms with van der Waals surface area (Å²) in [4.78, 5) is 12.2. The molecule has 0 aliphatic rings. The number of amides is 1. The molecule has 0 atom stereocenters. The van der Waals surface area contributed by atoms with Crippen molar-refractivity contribution in [3.8, 4) is 11.8 Å². The molecule has 0 heterocycles. The van der Waals surface area contributed by atoms with Crippen molar-refractivity contribution in [3.63, 3.8) is 0 Å². The van der Waals surface area contributed by atoms with Gasteiger partial charge in [0.25, 0.3) is 5.91 Å². The molecule has 0 aromatic heterocycles. The predicted molar refractivity (Wildman–Crippen MR) is 95.8 cm³/mol. The van der Waals surface area contributed by atoms with Gasteiger partial charge in [-0.25, -0.2) is 0 Å². The molecule has 4 nitrogen and oxygen atoms in total. The minimum Gasteiger partial charge on any atom is -0.488 e. The largest absolute Gasteiger partial charge is 0.488 e. The lowest BCUT2D eigenvalue weighted by Gasteiger charge is -2.07. The lowest BCUT2D eigenvalue weighted by Crippen LogP contribution is -2.13. The molecule has 0 fully saturated rings. The Kier molecular flexibility index (Phi) is 6.18. The van der Waals surface area contributed by atoms with Crippen LogP contribution < -0.4 is 10.1 Å². The van der Waals surface area contributed by atoms with Crippen molar-refractivity contribution >= 4 is 29.3 Å². The summed E-state index contributed by atoms with van der Waals surface area (Å²) in [6.07, 6.45) is 3.09. The van der Waals surface area contributed by atoms with E-state index in [1.54, 1.807) is 48.5 Å². The standard InChI is InChI=1S/C19H15ClN2O2/c1-2-10-24-18-9-8-14(12-17(18)20)11-15(13-21)19(23)22-16-6-4-3-5-7-16/h2-9,11-12H,1,10H2,(H,22,23)/b15-11+. The molecule has 0 bridgehead atoms. The van der Waals surface area contributed by atoms with E-state index in [9.17, 15) is 10.1 Å². The van der Waals surface area contributed by atoms with Crippen LogP contribution in [0, 0.1) is 11.3 Å². The summed E-state index contributed by atoms with van der Waals surface area (Å²) in [5, 5.41) is 12.3. The van der Waals surface area contributed by atoms with Crippen LogP contribution in [0.15, 0.2) is 66.8 Å². The van der Waals surface area contributed by atoms with E-state index in [-0.39, 0.29) is 5.57 Å². The molecule has 0 saturated heterocycles. The monoisotopic (exact) mass is 338 g/mol. The van der Waals surface area contributed by atoms with Gasteiger partial charge in [-0.1, -0.05) is 48.5 Å². The van der Waals surface area contributed by atoms with Crippen molar-refractivity contribution in [2.45, 2.75) is 0 Å².